The van der Waals surface area contributed by atoms with Crippen LogP contribution < -0.4 is 20.8 Å². The summed E-state index contributed by atoms with van der Waals surface area (Å²) in [6.45, 7) is 2.33. The van der Waals surface area contributed by atoms with Crippen molar-refractivity contribution in [1.82, 2.24) is 15.0 Å². The second kappa shape index (κ2) is 10.6. The molecule has 166 valence electrons. The molecule has 4 N–H and O–H groups in total. The molecule has 0 amide bonds. The highest BCUT2D eigenvalue weighted by Crippen LogP contribution is 2.26. The summed E-state index contributed by atoms with van der Waals surface area (Å²) in [5.74, 6) is 1.42. The Morgan fingerprint density at radius 2 is 1.39 bits per heavy atom. The molecule has 0 unspecified atom stereocenters. The summed E-state index contributed by atoms with van der Waals surface area (Å²) in [4.78, 5) is 13.2. The summed E-state index contributed by atoms with van der Waals surface area (Å²) < 4.78 is 5.34. The fraction of sp³-hybridized carbons (Fsp3) is 0.0833. The van der Waals surface area contributed by atoms with Crippen molar-refractivity contribution in [1.29, 1.82) is 0 Å². The first-order valence-electron chi connectivity index (χ1n) is 10.3. The highest BCUT2D eigenvalue weighted by molar-refractivity contribution is 5.81. The highest BCUT2D eigenvalue weighted by Gasteiger charge is 2.08. The largest absolute Gasteiger partial charge is 0.504 e. The monoisotopic (exact) mass is 441 g/mol. The molecule has 0 aliphatic carbocycles. The van der Waals surface area contributed by atoms with Crippen molar-refractivity contribution in [2.24, 2.45) is 5.10 Å². The molecular formula is C24H23N7O2. The van der Waals surface area contributed by atoms with Crippen LogP contribution in [0.4, 0.5) is 29.2 Å². The zero-order valence-electron chi connectivity index (χ0n) is 17.9. The van der Waals surface area contributed by atoms with Crippen molar-refractivity contribution >= 4 is 35.4 Å². The molecule has 0 atom stereocenters. The molecule has 1 heterocycles. The van der Waals surface area contributed by atoms with Crippen molar-refractivity contribution in [2.75, 3.05) is 22.7 Å². The minimum Gasteiger partial charge on any atom is -0.504 e. The number of aromatic nitrogens is 3. The van der Waals surface area contributed by atoms with Crippen LogP contribution in [0.3, 0.4) is 0 Å². The van der Waals surface area contributed by atoms with Crippen LogP contribution in [0, 0.1) is 0 Å². The second-order valence-electron chi connectivity index (χ2n) is 6.82. The number of nitrogens with zero attached hydrogens (tertiary/aromatic N) is 4. The molecule has 0 fully saturated rings. The van der Waals surface area contributed by atoms with Gasteiger partial charge in [-0.3, -0.25) is 0 Å². The fourth-order valence-electron chi connectivity index (χ4n) is 2.90. The maximum Gasteiger partial charge on any atom is 0.250 e. The van der Waals surface area contributed by atoms with E-state index in [0.717, 1.165) is 11.4 Å². The fourth-order valence-corrected chi connectivity index (χ4v) is 2.90. The third-order valence-corrected chi connectivity index (χ3v) is 4.36. The van der Waals surface area contributed by atoms with Crippen LogP contribution >= 0.6 is 0 Å². The van der Waals surface area contributed by atoms with Crippen molar-refractivity contribution < 1.29 is 9.84 Å². The molecule has 9 nitrogen and oxygen atoms in total. The summed E-state index contributed by atoms with van der Waals surface area (Å²) in [6.07, 6.45) is 1.55. The van der Waals surface area contributed by atoms with E-state index in [4.69, 9.17) is 4.74 Å². The van der Waals surface area contributed by atoms with E-state index < -0.39 is 0 Å². The van der Waals surface area contributed by atoms with Gasteiger partial charge in [0.1, 0.15) is 0 Å². The highest BCUT2D eigenvalue weighted by atomic mass is 16.5. The molecule has 3 aromatic carbocycles. The summed E-state index contributed by atoms with van der Waals surface area (Å²) in [5.41, 5.74) is 5.18. The number of nitrogens with one attached hydrogen (secondary N) is 3. The van der Waals surface area contributed by atoms with Gasteiger partial charge in [-0.25, -0.2) is 5.43 Å². The van der Waals surface area contributed by atoms with Crippen LogP contribution in [0.25, 0.3) is 0 Å². The first-order chi connectivity index (χ1) is 16.2. The molecule has 0 spiro atoms. The Morgan fingerprint density at radius 1 is 0.818 bits per heavy atom. The molecule has 0 aliphatic rings. The van der Waals surface area contributed by atoms with Crippen LogP contribution in [0.2, 0.25) is 0 Å². The number of hydrazone groups is 1. The Hall–Kier alpha value is -4.66. The second-order valence-corrected chi connectivity index (χ2v) is 6.82. The topological polar surface area (TPSA) is 117 Å². The van der Waals surface area contributed by atoms with Crippen molar-refractivity contribution in [3.8, 4) is 11.5 Å². The van der Waals surface area contributed by atoms with Gasteiger partial charge in [-0.2, -0.15) is 20.1 Å². The Bertz CT molecular complexity index is 1160. The lowest BCUT2D eigenvalue weighted by molar-refractivity contribution is 0.318. The van der Waals surface area contributed by atoms with Gasteiger partial charge in [-0.05, 0) is 55.0 Å². The standard InChI is InChI=1S/C24H23N7O2/c1-2-33-21-14-13-17(15-20(21)32)16-25-31-24-29-22(26-18-9-5-3-6-10-18)28-23(30-24)27-19-11-7-4-8-12-19/h3-16,32H,2H2,1H3,(H3,26,27,28,29,30,31). The molecule has 0 aliphatic heterocycles. The number of hydrogen-bond acceptors (Lipinski definition) is 9. The number of anilines is 5. The van der Waals surface area contributed by atoms with Crippen LogP contribution in [0.15, 0.2) is 84.0 Å². The minimum atomic E-state index is 0.0460. The lowest BCUT2D eigenvalue weighted by Gasteiger charge is -2.10. The van der Waals surface area contributed by atoms with Gasteiger partial charge in [0, 0.05) is 11.4 Å². The van der Waals surface area contributed by atoms with E-state index in [1.165, 1.54) is 0 Å². The number of rotatable bonds is 9. The molecule has 0 saturated carbocycles. The lowest BCUT2D eigenvalue weighted by Crippen LogP contribution is -2.07. The summed E-state index contributed by atoms with van der Waals surface area (Å²) in [7, 11) is 0. The van der Waals surface area contributed by atoms with Gasteiger partial charge >= 0.3 is 0 Å². The molecule has 4 aromatic rings. The van der Waals surface area contributed by atoms with Crippen molar-refractivity contribution in [3.63, 3.8) is 0 Å². The maximum absolute atomic E-state index is 10.0. The van der Waals surface area contributed by atoms with E-state index in [1.54, 1.807) is 24.4 Å². The summed E-state index contributed by atoms with van der Waals surface area (Å²) in [5, 5.41) is 20.6. The summed E-state index contributed by atoms with van der Waals surface area (Å²) >= 11 is 0. The molecule has 33 heavy (non-hydrogen) atoms. The Labute approximate surface area is 191 Å². The SMILES string of the molecule is CCOc1ccc(C=NNc2nc(Nc3ccccc3)nc(Nc3ccccc3)n2)cc1O. The van der Waals surface area contributed by atoms with Gasteiger partial charge < -0.3 is 20.5 Å². The molecule has 1 aromatic heterocycles. The van der Waals surface area contributed by atoms with Gasteiger partial charge in [-0.1, -0.05) is 36.4 Å². The Balaban J connectivity index is 1.54. The normalized spacial score (nSPS) is 10.7. The number of ether oxygens (including phenoxy) is 1. The van der Waals surface area contributed by atoms with Gasteiger partial charge in [0.05, 0.1) is 12.8 Å². The van der Waals surface area contributed by atoms with Crippen LogP contribution in [-0.2, 0) is 0 Å². The third kappa shape index (κ3) is 6.17. The van der Waals surface area contributed by atoms with E-state index in [1.807, 2.05) is 67.6 Å². The molecule has 9 heteroatoms. The quantitative estimate of drug-likeness (QED) is 0.214. The molecule has 4 rings (SSSR count). The van der Waals surface area contributed by atoms with E-state index >= 15 is 0 Å². The predicted molar refractivity (Wildman–Crippen MR) is 130 cm³/mol. The van der Waals surface area contributed by atoms with Crippen LogP contribution in [0.1, 0.15) is 12.5 Å². The first-order valence-corrected chi connectivity index (χ1v) is 10.3. The molecule has 0 bridgehead atoms. The van der Waals surface area contributed by atoms with Crippen molar-refractivity contribution in [2.45, 2.75) is 6.92 Å². The zero-order valence-corrected chi connectivity index (χ0v) is 17.9. The van der Waals surface area contributed by atoms with E-state index in [9.17, 15) is 5.11 Å². The average molecular weight is 441 g/mol. The average Bonchev–Trinajstić information content (AvgIpc) is 2.82. The van der Waals surface area contributed by atoms with Gasteiger partial charge in [0.2, 0.25) is 17.8 Å². The Morgan fingerprint density at radius 3 is 1.94 bits per heavy atom. The number of aromatic hydroxyl groups is 1. The number of phenolic OH excluding ortho intramolecular Hbond substituents is 1. The maximum atomic E-state index is 10.0. The van der Waals surface area contributed by atoms with Crippen LogP contribution in [-0.4, -0.2) is 32.9 Å². The van der Waals surface area contributed by atoms with Crippen LogP contribution in [0.5, 0.6) is 11.5 Å². The van der Waals surface area contributed by atoms with Gasteiger partial charge in [-0.15, -0.1) is 0 Å². The third-order valence-electron chi connectivity index (χ3n) is 4.36. The minimum absolute atomic E-state index is 0.0460. The number of benzene rings is 3. The summed E-state index contributed by atoms with van der Waals surface area (Å²) in [6, 6.07) is 24.2. The number of para-hydroxylation sites is 2. The molecular weight excluding hydrogens is 418 g/mol. The van der Waals surface area contributed by atoms with E-state index in [0.29, 0.717) is 29.8 Å². The number of hydrogen-bond donors (Lipinski definition) is 4. The Kier molecular flexibility index (Phi) is 6.92. The number of phenols is 1. The van der Waals surface area contributed by atoms with Crippen molar-refractivity contribution in [3.05, 3.63) is 84.4 Å². The smallest absolute Gasteiger partial charge is 0.250 e. The van der Waals surface area contributed by atoms with Gasteiger partial charge in [0.15, 0.2) is 11.5 Å². The van der Waals surface area contributed by atoms with E-state index in [-0.39, 0.29) is 11.7 Å². The zero-order chi connectivity index (χ0) is 22.9. The lowest BCUT2D eigenvalue weighted by atomic mass is 10.2. The molecule has 0 radical (unpaired) electrons. The predicted octanol–water partition coefficient (Wildman–Crippen LogP) is 4.91. The van der Waals surface area contributed by atoms with Gasteiger partial charge in [0.25, 0.3) is 0 Å². The molecule has 0 saturated heterocycles. The first kappa shape index (κ1) is 21.6. The van der Waals surface area contributed by atoms with E-state index in [2.05, 4.69) is 36.1 Å².